The third kappa shape index (κ3) is 24.2. The first-order chi connectivity index (χ1) is 2.27. The van der Waals surface area contributed by atoms with Crippen molar-refractivity contribution in [1.29, 1.82) is 0 Å². The number of hydrogen-bond donors (Lipinski definition) is 0. The van der Waals surface area contributed by atoms with Gasteiger partial charge in [0.25, 0.3) is 0 Å². The number of hydrogen-bond acceptors (Lipinski definition) is 4. The van der Waals surface area contributed by atoms with Gasteiger partial charge in [-0.2, -0.15) is 0 Å². The van der Waals surface area contributed by atoms with E-state index in [-0.39, 0.29) is 67.1 Å². The van der Waals surface area contributed by atoms with Gasteiger partial charge in [-0.1, -0.05) is 0 Å². The van der Waals surface area contributed by atoms with Crippen LogP contribution in [0.2, 0.25) is 0 Å². The zero-order valence-electron chi connectivity index (χ0n) is 3.11. The largest absolute Gasteiger partial charge is 1.00 e. The van der Waals surface area contributed by atoms with Crippen LogP contribution in [0.3, 0.4) is 0 Å². The van der Waals surface area contributed by atoms with Gasteiger partial charge >= 0.3 is 67.1 Å². The van der Waals surface area contributed by atoms with E-state index in [4.69, 9.17) is 15.3 Å². The van der Waals surface area contributed by atoms with E-state index >= 15 is 0 Å². The van der Waals surface area contributed by atoms with Crippen LogP contribution in [0.15, 0.2) is 0 Å². The smallest absolute Gasteiger partial charge is 0.871 e. The molecule has 0 unspecified atom stereocenters. The van der Waals surface area contributed by atoms with Crippen LogP contribution in [0, 0.1) is 0 Å². The van der Waals surface area contributed by atoms with Crippen molar-refractivity contribution < 1.29 is 87.3 Å². The van der Waals surface area contributed by atoms with Crippen molar-refractivity contribution >= 4 is 7.32 Å². The molecule has 0 radical (unpaired) electrons. The average Bonchev–Trinajstić information content (AvgIpc) is 1.38. The van der Waals surface area contributed by atoms with E-state index in [1.807, 2.05) is 0 Å². The van der Waals surface area contributed by atoms with Gasteiger partial charge in [0, 0.05) is 7.32 Å². The topological polar surface area (TPSA) is 78.4 Å². The summed E-state index contributed by atoms with van der Waals surface area (Å²) in [5.74, 6) is 0. The average molecular weight is 398 g/mol. The van der Waals surface area contributed by atoms with Gasteiger partial charge in [0.2, 0.25) is 0 Å². The van der Waals surface area contributed by atoms with E-state index in [2.05, 4.69) is 4.81 Å². The first kappa shape index (κ1) is 22.5. The second-order valence-corrected chi connectivity index (χ2v) is 0.385. The van der Waals surface area contributed by atoms with Crippen molar-refractivity contribution in [3.63, 3.8) is 0 Å². The minimum absolute atomic E-state index is 0. The van der Waals surface area contributed by atoms with E-state index < -0.39 is 7.32 Å². The Labute approximate surface area is 93.6 Å². The zero-order valence-corrected chi connectivity index (χ0v) is 7.56. The van der Waals surface area contributed by atoms with Crippen LogP contribution < -0.4 is 15.3 Å². The molecule has 0 fully saturated rings. The third-order valence-corrected chi connectivity index (χ3v) is 0.0786. The first-order valence-electron chi connectivity index (χ1n) is 0.874. The molecule has 0 aromatic rings. The minimum Gasteiger partial charge on any atom is -0.871 e. The molecule has 0 rings (SSSR count). The van der Waals surface area contributed by atoms with Gasteiger partial charge in [-0.3, -0.25) is 0 Å². The number of rotatable bonds is 1. The first-order valence-corrected chi connectivity index (χ1v) is 0.874. The van der Waals surface area contributed by atoms with Crippen LogP contribution in [-0.4, -0.2) is 7.32 Å². The van der Waals surface area contributed by atoms with Crippen molar-refractivity contribution in [2.24, 2.45) is 0 Å². The summed E-state index contributed by atoms with van der Waals surface area (Å²) in [7, 11) is -2.67. The van der Waals surface area contributed by atoms with Crippen LogP contribution >= 0.6 is 0 Å². The molecule has 0 aromatic heterocycles. The molecule has 0 saturated carbocycles. The molecule has 0 bridgehead atoms. The summed E-state index contributed by atoms with van der Waals surface area (Å²) < 4.78 is 0. The van der Waals surface area contributed by atoms with Gasteiger partial charge in [0.15, 0.2) is 0 Å². The fourth-order valence-corrected chi connectivity index (χ4v) is 0. The fourth-order valence-electron chi connectivity index (χ4n) is 0. The van der Waals surface area contributed by atoms with E-state index in [0.717, 1.165) is 0 Å². The molecule has 0 amide bonds. The van der Waals surface area contributed by atoms with Gasteiger partial charge in [-0.25, -0.2) is 0 Å². The molecule has 0 heterocycles. The molecule has 0 aliphatic heterocycles. The van der Waals surface area contributed by atoms with E-state index in [1.165, 1.54) is 0 Å². The Hall–Kier alpha value is 2.13. The molecule has 60 valence electrons. The predicted molar refractivity (Wildman–Crippen MR) is 6.84 cm³/mol. The van der Waals surface area contributed by atoms with Crippen molar-refractivity contribution in [2.45, 2.75) is 0 Å². The summed E-state index contributed by atoms with van der Waals surface area (Å²) in [4.78, 5) is 2.39. The molecule has 0 atom stereocenters. The van der Waals surface area contributed by atoms with Gasteiger partial charge < -0.3 is 20.1 Å². The quantitative estimate of drug-likeness (QED) is 0.256. The summed E-state index contributed by atoms with van der Waals surface area (Å²) in [6.45, 7) is 0. The summed E-state index contributed by atoms with van der Waals surface area (Å²) in [5, 5.41) is 26.1. The molecular weight excluding hydrogens is 398 g/mol. The maximum Gasteiger partial charge on any atom is 1.00 e. The molecule has 0 aliphatic carbocycles. The van der Waals surface area contributed by atoms with Gasteiger partial charge in [-0.05, 0) is 0 Å². The Morgan fingerprint density at radius 2 is 1.12 bits per heavy atom. The van der Waals surface area contributed by atoms with E-state index in [1.54, 1.807) is 0 Å². The second-order valence-electron chi connectivity index (χ2n) is 0.385. The van der Waals surface area contributed by atoms with Crippen molar-refractivity contribution in [1.82, 2.24) is 0 Å². The summed E-state index contributed by atoms with van der Waals surface area (Å²) in [6, 6.07) is 0. The summed E-state index contributed by atoms with van der Waals surface area (Å²) in [5.41, 5.74) is 0. The summed E-state index contributed by atoms with van der Waals surface area (Å²) >= 11 is 0. The SMILES string of the molecule is [Ag+].[Ag+].[Ag+].[O-]OB([O-])[O-]. The van der Waals surface area contributed by atoms with Crippen molar-refractivity contribution in [3.05, 3.63) is 0 Å². The monoisotopic (exact) mass is 396 g/mol. The Balaban J connectivity index is -0.0000000267. The van der Waals surface area contributed by atoms with Gasteiger partial charge in [-0.15, -0.1) is 0 Å². The van der Waals surface area contributed by atoms with E-state index in [9.17, 15) is 0 Å². The molecule has 8 heavy (non-hydrogen) atoms. The van der Waals surface area contributed by atoms with Gasteiger partial charge in [0.1, 0.15) is 0 Å². The molecule has 0 aliphatic rings. The second kappa shape index (κ2) is 16.1. The van der Waals surface area contributed by atoms with E-state index in [0.29, 0.717) is 0 Å². The Morgan fingerprint density at radius 3 is 1.12 bits per heavy atom. The minimum atomic E-state index is -2.67. The molecular formula is Ag3BO4. The van der Waals surface area contributed by atoms with Crippen LogP contribution in [0.4, 0.5) is 0 Å². The van der Waals surface area contributed by atoms with Crippen LogP contribution in [0.1, 0.15) is 0 Å². The molecule has 0 spiro atoms. The molecule has 8 heteroatoms. The standard InChI is InChI=1S/3Ag.BHO4/c;;;2-1(3)5-4/h;;;4H/q3*+1;-2/p-1. The predicted octanol–water partition coefficient (Wildman–Crippen LogP) is -4.02. The normalized spacial score (nSPS) is 4.88. The maximum atomic E-state index is 8.81. The molecule has 0 N–H and O–H groups in total. The Kier molecular flexibility index (Phi) is 45.1. The Bertz CT molecular complexity index is 25.2. The van der Waals surface area contributed by atoms with Crippen LogP contribution in [0.25, 0.3) is 0 Å². The molecule has 0 aromatic carbocycles. The zero-order chi connectivity index (χ0) is 4.28. The molecule has 0 saturated heterocycles. The maximum absolute atomic E-state index is 8.81. The molecule has 4 nitrogen and oxygen atoms in total. The van der Waals surface area contributed by atoms with Crippen LogP contribution in [-0.2, 0) is 71.9 Å². The van der Waals surface area contributed by atoms with Crippen LogP contribution in [0.5, 0.6) is 0 Å². The fraction of sp³-hybridized carbons (Fsp3) is 0. The third-order valence-electron chi connectivity index (χ3n) is 0.0786. The Morgan fingerprint density at radius 1 is 1.00 bits per heavy atom. The van der Waals surface area contributed by atoms with Crippen molar-refractivity contribution in [3.8, 4) is 0 Å². The van der Waals surface area contributed by atoms with Gasteiger partial charge in [0.05, 0.1) is 0 Å². The summed E-state index contributed by atoms with van der Waals surface area (Å²) in [6.07, 6.45) is 0. The van der Waals surface area contributed by atoms with Crippen molar-refractivity contribution in [2.75, 3.05) is 0 Å².